The van der Waals surface area contributed by atoms with Crippen LogP contribution in [-0.4, -0.2) is 50.2 Å². The number of hydrogen-bond donors (Lipinski definition) is 2. The molecule has 1 spiro atoms. The topological polar surface area (TPSA) is 119 Å². The lowest BCUT2D eigenvalue weighted by molar-refractivity contribution is -0.171. The first-order valence-corrected chi connectivity index (χ1v) is 14.1. The summed E-state index contributed by atoms with van der Waals surface area (Å²) in [5.74, 6) is -2.29. The molecule has 3 heterocycles. The van der Waals surface area contributed by atoms with Gasteiger partial charge in [-0.2, -0.15) is 0 Å². The molecule has 0 aromatic heterocycles. The second kappa shape index (κ2) is 8.44. The van der Waals surface area contributed by atoms with Crippen molar-refractivity contribution in [3.63, 3.8) is 0 Å². The number of phenols is 1. The molecule has 8 nitrogen and oxygen atoms in total. The van der Waals surface area contributed by atoms with E-state index in [2.05, 4.69) is 0 Å². The number of Topliss-reactive ketones (excluding diaryl/α,β-unsaturated/α-hetero) is 2. The van der Waals surface area contributed by atoms with E-state index < -0.39 is 40.1 Å². The number of ketones is 2. The number of hydrogen-bond acceptors (Lipinski definition) is 7. The summed E-state index contributed by atoms with van der Waals surface area (Å²) < 4.78 is 20.1. The van der Waals surface area contributed by atoms with Crippen LogP contribution >= 0.6 is 0 Å². The lowest BCUT2D eigenvalue weighted by Crippen LogP contribution is -2.72. The number of carbonyl (C=O) groups excluding carboxylic acids is 2. The molecule has 1 saturated heterocycles. The van der Waals surface area contributed by atoms with E-state index in [0.29, 0.717) is 35.3 Å². The number of rotatable bonds is 5. The molecule has 7 rings (SSSR count). The largest absolute Gasteiger partial charge is 0.506 e. The van der Waals surface area contributed by atoms with Gasteiger partial charge in [0.25, 0.3) is 0 Å². The third kappa shape index (κ3) is 3.52. The van der Waals surface area contributed by atoms with Crippen LogP contribution in [0.4, 0.5) is 0 Å². The molecule has 4 bridgehead atoms. The van der Waals surface area contributed by atoms with Crippen molar-refractivity contribution < 1.29 is 38.8 Å². The molecule has 6 aliphatic rings. The fourth-order valence-electron chi connectivity index (χ4n) is 7.44. The molecular formula is C33H36O8. The number of ether oxygens (including phenoxy) is 3. The maximum absolute atomic E-state index is 14.5. The zero-order chi connectivity index (χ0) is 29.9. The van der Waals surface area contributed by atoms with Crippen LogP contribution in [0.25, 0.3) is 6.08 Å². The minimum atomic E-state index is -1.61. The van der Waals surface area contributed by atoms with E-state index in [4.69, 9.17) is 14.2 Å². The summed E-state index contributed by atoms with van der Waals surface area (Å²) in [5.41, 5.74) is -2.14. The number of fused-ring (bicyclic) bond motifs is 2. The number of carbonyl (C=O) groups is 3. The van der Waals surface area contributed by atoms with Crippen LogP contribution in [0.3, 0.4) is 0 Å². The standard InChI is InChI=1S/C33H36O8/c1-16(2)8-9-20-26-19(11-12-30(4,5)39-26)24(34)23-25(35)21-14-18-15-22-31(6,7)41-32(28(18)36,13-10-17(3)29(37)38)33(21,22)40-27(20)23/h8,10-12,14,18,22,34H,9,13,15H2,1-7H3,(H,37,38)/t18?,22?,32?,33-/m1/s1. The van der Waals surface area contributed by atoms with Gasteiger partial charge < -0.3 is 24.4 Å². The van der Waals surface area contributed by atoms with Crippen molar-refractivity contribution >= 4 is 23.6 Å². The van der Waals surface area contributed by atoms with Crippen molar-refractivity contribution in [1.82, 2.24) is 0 Å². The van der Waals surface area contributed by atoms with Crippen LogP contribution in [0.5, 0.6) is 17.2 Å². The van der Waals surface area contributed by atoms with E-state index in [1.807, 2.05) is 53.7 Å². The van der Waals surface area contributed by atoms with Crippen LogP contribution < -0.4 is 9.47 Å². The molecule has 3 unspecified atom stereocenters. The minimum Gasteiger partial charge on any atom is -0.506 e. The van der Waals surface area contributed by atoms with Crippen molar-refractivity contribution in [1.29, 1.82) is 0 Å². The maximum Gasteiger partial charge on any atom is 0.330 e. The van der Waals surface area contributed by atoms with Crippen molar-refractivity contribution in [3.05, 3.63) is 57.7 Å². The van der Waals surface area contributed by atoms with Crippen LogP contribution in [0.15, 0.2) is 41.0 Å². The third-order valence-corrected chi connectivity index (χ3v) is 9.37. The van der Waals surface area contributed by atoms with Gasteiger partial charge in [-0.1, -0.05) is 23.8 Å². The predicted molar refractivity (Wildman–Crippen MR) is 151 cm³/mol. The quantitative estimate of drug-likeness (QED) is 0.357. The highest BCUT2D eigenvalue weighted by atomic mass is 16.6. The summed E-state index contributed by atoms with van der Waals surface area (Å²) in [6.07, 6.45) is 9.54. The summed E-state index contributed by atoms with van der Waals surface area (Å²) in [4.78, 5) is 40.4. The molecule has 4 atom stereocenters. The smallest absolute Gasteiger partial charge is 0.330 e. The number of benzene rings is 1. The summed E-state index contributed by atoms with van der Waals surface area (Å²) in [6.45, 7) is 13.0. The molecule has 8 heteroatoms. The van der Waals surface area contributed by atoms with E-state index in [1.165, 1.54) is 13.0 Å². The van der Waals surface area contributed by atoms with E-state index in [-0.39, 0.29) is 40.8 Å². The Labute approximate surface area is 239 Å². The fraction of sp³-hybridized carbons (Fsp3) is 0.485. The monoisotopic (exact) mass is 560 g/mol. The molecule has 2 fully saturated rings. The Morgan fingerprint density at radius 2 is 1.78 bits per heavy atom. The molecule has 1 saturated carbocycles. The fourth-order valence-corrected chi connectivity index (χ4v) is 7.44. The first-order chi connectivity index (χ1) is 19.1. The Bertz CT molecular complexity index is 1560. The highest BCUT2D eigenvalue weighted by molar-refractivity contribution is 6.19. The number of allylic oxidation sites excluding steroid dienone is 3. The Kier molecular flexibility index (Phi) is 5.67. The van der Waals surface area contributed by atoms with Crippen molar-refractivity contribution in [2.75, 3.05) is 0 Å². The zero-order valence-electron chi connectivity index (χ0n) is 24.5. The van der Waals surface area contributed by atoms with Crippen LogP contribution in [0, 0.1) is 11.8 Å². The third-order valence-electron chi connectivity index (χ3n) is 9.37. The Hall–Kier alpha value is -3.65. The van der Waals surface area contributed by atoms with E-state index in [1.54, 1.807) is 12.2 Å². The van der Waals surface area contributed by atoms with Crippen molar-refractivity contribution in [2.45, 2.75) is 90.1 Å². The van der Waals surface area contributed by atoms with Crippen LogP contribution in [0.1, 0.15) is 82.8 Å². The second-order valence-corrected chi connectivity index (χ2v) is 13.2. The van der Waals surface area contributed by atoms with Gasteiger partial charge in [0, 0.05) is 35.0 Å². The van der Waals surface area contributed by atoms with Crippen molar-refractivity contribution in [2.24, 2.45) is 11.8 Å². The first-order valence-electron chi connectivity index (χ1n) is 14.1. The average Bonchev–Trinajstić information content (AvgIpc) is 3.03. The lowest BCUT2D eigenvalue weighted by Gasteiger charge is -2.56. The Morgan fingerprint density at radius 1 is 1.07 bits per heavy atom. The molecule has 2 N–H and O–H groups in total. The van der Waals surface area contributed by atoms with Gasteiger partial charge in [0.1, 0.15) is 28.4 Å². The van der Waals surface area contributed by atoms with Gasteiger partial charge in [-0.3, -0.25) is 9.59 Å². The molecule has 41 heavy (non-hydrogen) atoms. The van der Waals surface area contributed by atoms with E-state index in [9.17, 15) is 24.6 Å². The molecule has 1 aromatic rings. The predicted octanol–water partition coefficient (Wildman–Crippen LogP) is 5.51. The molecular weight excluding hydrogens is 524 g/mol. The van der Waals surface area contributed by atoms with Crippen LogP contribution in [0.2, 0.25) is 0 Å². The van der Waals surface area contributed by atoms with Crippen molar-refractivity contribution in [3.8, 4) is 17.2 Å². The number of carboxylic acid groups (broad SMARTS) is 1. The van der Waals surface area contributed by atoms with Crippen LogP contribution in [-0.2, 0) is 20.7 Å². The van der Waals surface area contributed by atoms with E-state index in [0.717, 1.165) is 5.57 Å². The van der Waals surface area contributed by atoms with E-state index >= 15 is 0 Å². The molecule has 0 radical (unpaired) electrons. The normalized spacial score (nSPS) is 31.4. The zero-order valence-corrected chi connectivity index (χ0v) is 24.5. The lowest BCUT2D eigenvalue weighted by atomic mass is 9.51. The van der Waals surface area contributed by atoms with Gasteiger partial charge in [-0.05, 0) is 73.5 Å². The molecule has 3 aliphatic heterocycles. The number of phenolic OH excluding ortho intramolecular Hbond substituents is 1. The Balaban J connectivity index is 1.66. The second-order valence-electron chi connectivity index (χ2n) is 13.2. The number of aliphatic carboxylic acids is 1. The number of carboxylic acids is 1. The summed E-state index contributed by atoms with van der Waals surface area (Å²) in [6, 6.07) is 0. The SMILES string of the molecule is CC(C)=CCc1c2c(c(O)c3c1O[C@]14C(=CC5CC1C(C)(C)OC4(CC=C(C)C(=O)O)C5=O)C3=O)C=CC(C)(C)O2. The first kappa shape index (κ1) is 27.5. The van der Waals surface area contributed by atoms with Gasteiger partial charge in [0.2, 0.25) is 0 Å². The number of aromatic hydroxyl groups is 1. The molecule has 0 amide bonds. The maximum atomic E-state index is 14.5. The summed E-state index contributed by atoms with van der Waals surface area (Å²) in [7, 11) is 0. The van der Waals surface area contributed by atoms with Gasteiger partial charge in [0.05, 0.1) is 11.2 Å². The van der Waals surface area contributed by atoms with Gasteiger partial charge in [0.15, 0.2) is 22.8 Å². The van der Waals surface area contributed by atoms with Gasteiger partial charge in [-0.25, -0.2) is 4.79 Å². The molecule has 1 aromatic carbocycles. The molecule has 216 valence electrons. The summed E-state index contributed by atoms with van der Waals surface area (Å²) in [5, 5.41) is 21.1. The molecule has 3 aliphatic carbocycles. The highest BCUT2D eigenvalue weighted by Crippen LogP contribution is 2.68. The van der Waals surface area contributed by atoms with Gasteiger partial charge >= 0.3 is 5.97 Å². The highest BCUT2D eigenvalue weighted by Gasteiger charge is 2.81. The minimum absolute atomic E-state index is 0.0513. The summed E-state index contributed by atoms with van der Waals surface area (Å²) >= 11 is 0. The Morgan fingerprint density at radius 3 is 2.44 bits per heavy atom. The van der Waals surface area contributed by atoms with Gasteiger partial charge in [-0.15, -0.1) is 0 Å². The average molecular weight is 561 g/mol.